The van der Waals surface area contributed by atoms with Crippen molar-refractivity contribution >= 4 is 0 Å². The lowest BCUT2D eigenvalue weighted by atomic mass is 10.4. The Morgan fingerprint density at radius 2 is 2.45 bits per heavy atom. The normalized spacial score (nSPS) is 17.2. The third-order valence-electron chi connectivity index (χ3n) is 1.94. The standard InChI is InChI=1S/C7H12N4/c8-3-7-5-11(10-9-7)4-6-1-2-6/h5-6H,1-4,8H2. The molecule has 1 saturated carbocycles. The van der Waals surface area contributed by atoms with Crippen molar-refractivity contribution in [2.75, 3.05) is 0 Å². The average Bonchev–Trinajstić information content (AvgIpc) is 2.68. The molecule has 0 aromatic carbocycles. The van der Waals surface area contributed by atoms with Crippen LogP contribution in [0.3, 0.4) is 0 Å². The first-order valence-corrected chi connectivity index (χ1v) is 3.97. The maximum Gasteiger partial charge on any atom is 0.0962 e. The third kappa shape index (κ3) is 1.57. The lowest BCUT2D eigenvalue weighted by molar-refractivity contribution is 0.544. The Balaban J connectivity index is 1.99. The summed E-state index contributed by atoms with van der Waals surface area (Å²) in [7, 11) is 0. The molecule has 1 aromatic rings. The van der Waals surface area contributed by atoms with Crippen LogP contribution in [0.2, 0.25) is 0 Å². The molecule has 0 unspecified atom stereocenters. The summed E-state index contributed by atoms with van der Waals surface area (Å²) in [5.74, 6) is 0.849. The Kier molecular flexibility index (Phi) is 1.62. The van der Waals surface area contributed by atoms with Crippen LogP contribution in [-0.4, -0.2) is 15.0 Å². The van der Waals surface area contributed by atoms with Crippen LogP contribution in [0.1, 0.15) is 18.5 Å². The second-order valence-electron chi connectivity index (χ2n) is 3.08. The molecule has 2 N–H and O–H groups in total. The highest BCUT2D eigenvalue weighted by Gasteiger charge is 2.21. The molecule has 0 atom stereocenters. The van der Waals surface area contributed by atoms with Crippen LogP contribution >= 0.6 is 0 Å². The van der Waals surface area contributed by atoms with E-state index in [4.69, 9.17) is 5.73 Å². The zero-order valence-corrected chi connectivity index (χ0v) is 6.40. The van der Waals surface area contributed by atoms with Gasteiger partial charge < -0.3 is 5.73 Å². The molecule has 0 saturated heterocycles. The predicted molar refractivity (Wildman–Crippen MR) is 40.6 cm³/mol. The molecule has 2 rings (SSSR count). The van der Waals surface area contributed by atoms with Gasteiger partial charge in [0.2, 0.25) is 0 Å². The highest BCUT2D eigenvalue weighted by Crippen LogP contribution is 2.30. The van der Waals surface area contributed by atoms with Crippen molar-refractivity contribution in [2.45, 2.75) is 25.9 Å². The van der Waals surface area contributed by atoms with Gasteiger partial charge in [-0.15, -0.1) is 5.10 Å². The average molecular weight is 152 g/mol. The van der Waals surface area contributed by atoms with Gasteiger partial charge >= 0.3 is 0 Å². The highest BCUT2D eigenvalue weighted by atomic mass is 15.4. The van der Waals surface area contributed by atoms with Gasteiger partial charge in [-0.05, 0) is 18.8 Å². The fourth-order valence-electron chi connectivity index (χ4n) is 1.09. The third-order valence-corrected chi connectivity index (χ3v) is 1.94. The Bertz CT molecular complexity index is 238. The fraction of sp³-hybridized carbons (Fsp3) is 0.714. The van der Waals surface area contributed by atoms with Crippen molar-refractivity contribution in [2.24, 2.45) is 11.7 Å². The molecule has 60 valence electrons. The van der Waals surface area contributed by atoms with Gasteiger partial charge in [0.15, 0.2) is 0 Å². The van der Waals surface area contributed by atoms with Gasteiger partial charge in [0, 0.05) is 19.3 Å². The maximum absolute atomic E-state index is 5.39. The number of hydrogen-bond donors (Lipinski definition) is 1. The number of aromatic nitrogens is 3. The van der Waals surface area contributed by atoms with Crippen LogP contribution in [0.15, 0.2) is 6.20 Å². The van der Waals surface area contributed by atoms with Crippen LogP contribution in [0.4, 0.5) is 0 Å². The van der Waals surface area contributed by atoms with Gasteiger partial charge in [0.25, 0.3) is 0 Å². The smallest absolute Gasteiger partial charge is 0.0962 e. The van der Waals surface area contributed by atoms with Crippen molar-refractivity contribution < 1.29 is 0 Å². The van der Waals surface area contributed by atoms with Gasteiger partial charge in [0.05, 0.1) is 5.69 Å². The van der Waals surface area contributed by atoms with Gasteiger partial charge in [-0.3, -0.25) is 4.68 Å². The van der Waals surface area contributed by atoms with E-state index < -0.39 is 0 Å². The van der Waals surface area contributed by atoms with E-state index in [1.165, 1.54) is 12.8 Å². The lowest BCUT2D eigenvalue weighted by Gasteiger charge is -1.93. The summed E-state index contributed by atoms with van der Waals surface area (Å²) in [6, 6.07) is 0. The minimum absolute atomic E-state index is 0.491. The molecule has 1 aromatic heterocycles. The summed E-state index contributed by atoms with van der Waals surface area (Å²) in [4.78, 5) is 0. The topological polar surface area (TPSA) is 56.7 Å². The van der Waals surface area contributed by atoms with E-state index in [9.17, 15) is 0 Å². The molecule has 4 heteroatoms. The van der Waals surface area contributed by atoms with E-state index in [-0.39, 0.29) is 0 Å². The molecule has 1 aliphatic rings. The van der Waals surface area contributed by atoms with E-state index in [1.807, 2.05) is 10.9 Å². The van der Waals surface area contributed by atoms with Gasteiger partial charge in [-0.2, -0.15) is 0 Å². The molecular formula is C7H12N4. The van der Waals surface area contributed by atoms with Crippen molar-refractivity contribution in [1.82, 2.24) is 15.0 Å². The number of nitrogens with zero attached hydrogens (tertiary/aromatic N) is 3. The Morgan fingerprint density at radius 3 is 3.00 bits per heavy atom. The minimum Gasteiger partial charge on any atom is -0.325 e. The summed E-state index contributed by atoms with van der Waals surface area (Å²) in [6.45, 7) is 1.51. The summed E-state index contributed by atoms with van der Waals surface area (Å²) in [6.07, 6.45) is 4.62. The van der Waals surface area contributed by atoms with Crippen LogP contribution in [-0.2, 0) is 13.1 Å². The highest BCUT2D eigenvalue weighted by molar-refractivity contribution is 4.91. The first-order valence-electron chi connectivity index (χ1n) is 3.97. The Labute approximate surface area is 65.4 Å². The molecule has 1 fully saturated rings. The molecule has 1 aliphatic carbocycles. The van der Waals surface area contributed by atoms with E-state index in [2.05, 4.69) is 10.3 Å². The molecule has 4 nitrogen and oxygen atoms in total. The van der Waals surface area contributed by atoms with Crippen LogP contribution in [0.25, 0.3) is 0 Å². The van der Waals surface area contributed by atoms with Crippen molar-refractivity contribution in [3.8, 4) is 0 Å². The van der Waals surface area contributed by atoms with Crippen LogP contribution < -0.4 is 5.73 Å². The second-order valence-corrected chi connectivity index (χ2v) is 3.08. The monoisotopic (exact) mass is 152 g/mol. The molecule has 0 spiro atoms. The summed E-state index contributed by atoms with van der Waals surface area (Å²) < 4.78 is 1.89. The molecule has 0 aliphatic heterocycles. The molecule has 11 heavy (non-hydrogen) atoms. The van der Waals surface area contributed by atoms with Gasteiger partial charge in [0.1, 0.15) is 0 Å². The van der Waals surface area contributed by atoms with E-state index in [1.54, 1.807) is 0 Å². The molecule has 1 heterocycles. The predicted octanol–water partition coefficient (Wildman–Crippen LogP) is 0.147. The summed E-state index contributed by atoms with van der Waals surface area (Å²) in [5, 5.41) is 7.86. The first kappa shape index (κ1) is 6.79. The maximum atomic E-state index is 5.39. The van der Waals surface area contributed by atoms with E-state index in [0.717, 1.165) is 18.2 Å². The molecule has 0 bridgehead atoms. The van der Waals surface area contributed by atoms with Gasteiger partial charge in [-0.1, -0.05) is 5.21 Å². The Hall–Kier alpha value is -0.900. The number of hydrogen-bond acceptors (Lipinski definition) is 3. The zero-order valence-electron chi connectivity index (χ0n) is 6.40. The SMILES string of the molecule is NCc1cn(CC2CC2)nn1. The van der Waals surface area contributed by atoms with Crippen LogP contribution in [0.5, 0.6) is 0 Å². The van der Waals surface area contributed by atoms with Crippen molar-refractivity contribution in [3.05, 3.63) is 11.9 Å². The van der Waals surface area contributed by atoms with Crippen LogP contribution in [0, 0.1) is 5.92 Å². The Morgan fingerprint density at radius 1 is 1.64 bits per heavy atom. The molecular weight excluding hydrogens is 140 g/mol. The summed E-state index contributed by atoms with van der Waals surface area (Å²) in [5.41, 5.74) is 6.27. The van der Waals surface area contributed by atoms with E-state index in [0.29, 0.717) is 6.54 Å². The second kappa shape index (κ2) is 2.62. The van der Waals surface area contributed by atoms with Crippen molar-refractivity contribution in [1.29, 1.82) is 0 Å². The quantitative estimate of drug-likeness (QED) is 0.670. The minimum atomic E-state index is 0.491. The van der Waals surface area contributed by atoms with E-state index >= 15 is 0 Å². The lowest BCUT2D eigenvalue weighted by Crippen LogP contribution is -2.00. The number of rotatable bonds is 3. The first-order chi connectivity index (χ1) is 5.38. The molecule has 0 amide bonds. The molecule has 0 radical (unpaired) electrons. The largest absolute Gasteiger partial charge is 0.325 e. The fourth-order valence-corrected chi connectivity index (χ4v) is 1.09. The summed E-state index contributed by atoms with van der Waals surface area (Å²) >= 11 is 0. The van der Waals surface area contributed by atoms with Gasteiger partial charge in [-0.25, -0.2) is 0 Å². The zero-order chi connectivity index (χ0) is 7.68. The van der Waals surface area contributed by atoms with Crippen molar-refractivity contribution in [3.63, 3.8) is 0 Å². The number of nitrogens with two attached hydrogens (primary N) is 1.